The number of carbonyl (C=O) groups is 1. The predicted molar refractivity (Wildman–Crippen MR) is 117 cm³/mol. The van der Waals surface area contributed by atoms with Crippen molar-refractivity contribution in [1.29, 1.82) is 0 Å². The number of benzene rings is 1. The summed E-state index contributed by atoms with van der Waals surface area (Å²) in [6.45, 7) is 7.13. The van der Waals surface area contributed by atoms with E-state index in [-0.39, 0.29) is 28.7 Å². The van der Waals surface area contributed by atoms with E-state index in [0.29, 0.717) is 24.5 Å². The van der Waals surface area contributed by atoms with Crippen LogP contribution < -0.4 is 10.6 Å². The fourth-order valence-corrected chi connectivity index (χ4v) is 4.86. The average Bonchev–Trinajstić information content (AvgIpc) is 3.07. The van der Waals surface area contributed by atoms with Gasteiger partial charge in [-0.2, -0.15) is 13.2 Å². The fraction of sp³-hybridized carbons (Fsp3) is 0.609. The average molecular weight is 450 g/mol. The van der Waals surface area contributed by atoms with E-state index < -0.39 is 17.8 Å². The molecule has 4 rings (SSSR count). The molecule has 174 valence electrons. The number of rotatable bonds is 4. The van der Waals surface area contributed by atoms with Crippen LogP contribution in [0, 0.1) is 0 Å². The molecule has 2 heterocycles. The monoisotopic (exact) mass is 449 g/mol. The number of amides is 1. The van der Waals surface area contributed by atoms with E-state index in [1.807, 2.05) is 4.90 Å². The number of nitrogens with zero attached hydrogens (tertiary/aromatic N) is 3. The molecule has 1 saturated heterocycles. The number of fused-ring (bicyclic) bond motifs is 1. The van der Waals surface area contributed by atoms with Crippen molar-refractivity contribution >= 4 is 22.6 Å². The molecule has 2 aromatic rings. The van der Waals surface area contributed by atoms with Gasteiger partial charge in [0.1, 0.15) is 18.2 Å². The summed E-state index contributed by atoms with van der Waals surface area (Å²) in [6.07, 6.45) is 1.42. The van der Waals surface area contributed by atoms with Crippen molar-refractivity contribution in [2.75, 3.05) is 11.9 Å². The highest BCUT2D eigenvalue weighted by Crippen LogP contribution is 2.33. The Labute approximate surface area is 186 Å². The number of likely N-dealkylation sites (tertiary alicyclic amines) is 1. The van der Waals surface area contributed by atoms with E-state index in [9.17, 15) is 18.0 Å². The second-order valence-electron chi connectivity index (χ2n) is 9.87. The first kappa shape index (κ1) is 22.8. The zero-order valence-electron chi connectivity index (χ0n) is 18.7. The Bertz CT molecular complexity index is 980. The lowest BCUT2D eigenvalue weighted by atomic mass is 9.89. The molecular formula is C23H30F3N5O. The summed E-state index contributed by atoms with van der Waals surface area (Å²) in [6, 6.07) is 3.57. The Kier molecular flexibility index (Phi) is 6.04. The van der Waals surface area contributed by atoms with Gasteiger partial charge in [0, 0.05) is 29.6 Å². The molecule has 1 aliphatic heterocycles. The Morgan fingerprint density at radius 2 is 1.75 bits per heavy atom. The summed E-state index contributed by atoms with van der Waals surface area (Å²) >= 11 is 0. The zero-order chi connectivity index (χ0) is 23.1. The third-order valence-corrected chi connectivity index (χ3v) is 6.29. The van der Waals surface area contributed by atoms with Gasteiger partial charge in [0.2, 0.25) is 5.91 Å². The number of halogens is 3. The number of nitrogens with one attached hydrogen (secondary N) is 2. The molecule has 1 atom stereocenters. The van der Waals surface area contributed by atoms with E-state index in [1.165, 1.54) is 12.4 Å². The van der Waals surface area contributed by atoms with E-state index >= 15 is 0 Å². The largest absolute Gasteiger partial charge is 0.416 e. The van der Waals surface area contributed by atoms with Crippen molar-refractivity contribution in [1.82, 2.24) is 20.2 Å². The normalized spacial score (nSPS) is 24.9. The smallest absolute Gasteiger partial charge is 0.358 e. The Balaban J connectivity index is 1.44. The van der Waals surface area contributed by atoms with Crippen molar-refractivity contribution in [3.05, 3.63) is 30.1 Å². The number of alkyl halides is 3. The first-order valence-electron chi connectivity index (χ1n) is 11.2. The van der Waals surface area contributed by atoms with E-state index in [4.69, 9.17) is 0 Å². The van der Waals surface area contributed by atoms with Crippen molar-refractivity contribution in [3.8, 4) is 0 Å². The summed E-state index contributed by atoms with van der Waals surface area (Å²) in [7, 11) is 0. The number of carbonyl (C=O) groups excluding carboxylic acids is 1. The van der Waals surface area contributed by atoms with Gasteiger partial charge >= 0.3 is 6.18 Å². The molecule has 1 saturated carbocycles. The molecule has 0 bridgehead atoms. The van der Waals surface area contributed by atoms with Crippen LogP contribution in [0.1, 0.15) is 58.4 Å². The highest BCUT2D eigenvalue weighted by molar-refractivity contribution is 5.93. The first-order chi connectivity index (χ1) is 15.0. The molecule has 0 unspecified atom stereocenters. The molecule has 9 heteroatoms. The summed E-state index contributed by atoms with van der Waals surface area (Å²) in [4.78, 5) is 23.2. The Hall–Kier alpha value is -2.42. The zero-order valence-corrected chi connectivity index (χ0v) is 18.7. The molecule has 2 fully saturated rings. The maximum Gasteiger partial charge on any atom is 0.416 e. The highest BCUT2D eigenvalue weighted by atomic mass is 19.4. The minimum atomic E-state index is -4.46. The summed E-state index contributed by atoms with van der Waals surface area (Å²) in [5, 5.41) is 7.01. The minimum Gasteiger partial charge on any atom is -0.358 e. The number of hydrogen-bond acceptors (Lipinski definition) is 5. The lowest BCUT2D eigenvalue weighted by molar-refractivity contribution is -0.137. The van der Waals surface area contributed by atoms with Crippen molar-refractivity contribution < 1.29 is 18.0 Å². The maximum absolute atomic E-state index is 13.2. The SMILES string of the molecule is CC(C)(C)NC1CCC(N2CC[C@H](Nc3ncnc4ccc(C(F)(F)F)cc34)C2=O)CC1. The summed E-state index contributed by atoms with van der Waals surface area (Å²) in [5.41, 5.74) is -0.284. The lowest BCUT2D eigenvalue weighted by Crippen LogP contribution is -2.49. The van der Waals surface area contributed by atoms with Crippen LogP contribution in [0.15, 0.2) is 24.5 Å². The molecule has 6 nitrogen and oxygen atoms in total. The molecule has 0 spiro atoms. The molecule has 1 aliphatic carbocycles. The van der Waals surface area contributed by atoms with Gasteiger partial charge in [0.25, 0.3) is 0 Å². The standard InChI is InChI=1S/C23H30F3N5O/c1-22(2,3)30-15-5-7-16(8-6-15)31-11-10-19(21(31)32)29-20-17-12-14(23(24,25)26)4-9-18(17)27-13-28-20/h4,9,12-13,15-16,19,30H,5-8,10-11H2,1-3H3,(H,27,28,29)/t15?,16?,19-/m0/s1. The fourth-order valence-electron chi connectivity index (χ4n) is 4.86. The number of hydrogen-bond donors (Lipinski definition) is 2. The van der Waals surface area contributed by atoms with Crippen LogP contribution in [-0.2, 0) is 11.0 Å². The third kappa shape index (κ3) is 4.98. The Morgan fingerprint density at radius 1 is 1.03 bits per heavy atom. The van der Waals surface area contributed by atoms with Crippen molar-refractivity contribution in [2.45, 2.75) is 82.7 Å². The topological polar surface area (TPSA) is 70.2 Å². The van der Waals surface area contributed by atoms with Gasteiger partial charge in [-0.15, -0.1) is 0 Å². The molecule has 0 radical (unpaired) electrons. The summed E-state index contributed by atoms with van der Waals surface area (Å²) < 4.78 is 39.5. The van der Waals surface area contributed by atoms with Crippen LogP contribution in [0.25, 0.3) is 10.9 Å². The molecule has 2 aliphatic rings. The minimum absolute atomic E-state index is 0.00373. The van der Waals surface area contributed by atoms with Gasteiger partial charge in [-0.25, -0.2) is 9.97 Å². The van der Waals surface area contributed by atoms with Crippen LogP contribution in [0.3, 0.4) is 0 Å². The molecule has 2 N–H and O–H groups in total. The maximum atomic E-state index is 13.2. The van der Waals surface area contributed by atoms with Crippen molar-refractivity contribution in [2.24, 2.45) is 0 Å². The molecular weight excluding hydrogens is 419 g/mol. The van der Waals surface area contributed by atoms with E-state index in [1.54, 1.807) is 0 Å². The van der Waals surface area contributed by atoms with E-state index in [0.717, 1.165) is 37.8 Å². The van der Waals surface area contributed by atoms with Crippen LogP contribution in [-0.4, -0.2) is 51.0 Å². The highest BCUT2D eigenvalue weighted by Gasteiger charge is 2.38. The van der Waals surface area contributed by atoms with Gasteiger partial charge in [0.15, 0.2) is 0 Å². The quantitative estimate of drug-likeness (QED) is 0.726. The van der Waals surface area contributed by atoms with Crippen LogP contribution in [0.5, 0.6) is 0 Å². The van der Waals surface area contributed by atoms with Gasteiger partial charge in [0.05, 0.1) is 11.1 Å². The van der Waals surface area contributed by atoms with Crippen LogP contribution >= 0.6 is 0 Å². The van der Waals surface area contributed by atoms with Gasteiger partial charge in [-0.05, 0) is 71.1 Å². The van der Waals surface area contributed by atoms with Gasteiger partial charge < -0.3 is 15.5 Å². The molecule has 1 aromatic carbocycles. The Morgan fingerprint density at radius 3 is 2.41 bits per heavy atom. The van der Waals surface area contributed by atoms with Crippen LogP contribution in [0.2, 0.25) is 0 Å². The van der Waals surface area contributed by atoms with Crippen molar-refractivity contribution in [3.63, 3.8) is 0 Å². The summed E-state index contributed by atoms with van der Waals surface area (Å²) in [5.74, 6) is 0.260. The molecule has 1 amide bonds. The molecule has 1 aromatic heterocycles. The third-order valence-electron chi connectivity index (χ3n) is 6.29. The second kappa shape index (κ2) is 8.50. The van der Waals surface area contributed by atoms with Crippen LogP contribution in [0.4, 0.5) is 19.0 Å². The molecule has 32 heavy (non-hydrogen) atoms. The van der Waals surface area contributed by atoms with E-state index in [2.05, 4.69) is 41.4 Å². The van der Waals surface area contributed by atoms with Gasteiger partial charge in [-0.3, -0.25) is 4.79 Å². The second-order valence-corrected chi connectivity index (χ2v) is 9.87. The van der Waals surface area contributed by atoms with Gasteiger partial charge in [-0.1, -0.05) is 0 Å². The number of aromatic nitrogens is 2. The predicted octanol–water partition coefficient (Wildman–Crippen LogP) is 4.36. The number of anilines is 1. The first-order valence-corrected chi connectivity index (χ1v) is 11.2. The lowest BCUT2D eigenvalue weighted by Gasteiger charge is -2.37.